The molecule has 1 atom stereocenters. The van der Waals surface area contributed by atoms with E-state index in [-0.39, 0.29) is 6.04 Å². The van der Waals surface area contributed by atoms with Crippen molar-refractivity contribution in [2.24, 2.45) is 5.73 Å². The molecule has 1 fully saturated rings. The maximum absolute atomic E-state index is 9.49. The van der Waals surface area contributed by atoms with Crippen LogP contribution < -0.4 is 10.5 Å². The van der Waals surface area contributed by atoms with Crippen LogP contribution in [-0.2, 0) is 6.54 Å². The van der Waals surface area contributed by atoms with Crippen LogP contribution in [0.4, 0.5) is 0 Å². The summed E-state index contributed by atoms with van der Waals surface area (Å²) in [4.78, 5) is 0. The van der Waals surface area contributed by atoms with Gasteiger partial charge < -0.3 is 5.73 Å². The van der Waals surface area contributed by atoms with Crippen molar-refractivity contribution in [3.05, 3.63) is 35.4 Å². The Kier molecular flexibility index (Phi) is 2.99. The van der Waals surface area contributed by atoms with Crippen molar-refractivity contribution in [1.29, 1.82) is 0 Å². The van der Waals surface area contributed by atoms with Gasteiger partial charge in [0, 0.05) is 6.54 Å². The molecule has 0 radical (unpaired) electrons. The van der Waals surface area contributed by atoms with E-state index in [1.165, 1.54) is 0 Å². The Morgan fingerprint density at radius 1 is 1.40 bits per heavy atom. The molecular weight excluding hydrogens is 212 g/mol. The summed E-state index contributed by atoms with van der Waals surface area (Å²) in [7, 11) is -2.56. The number of rotatable bonds is 2. The molecule has 1 saturated heterocycles. The zero-order chi connectivity index (χ0) is 10.9. The van der Waals surface area contributed by atoms with E-state index >= 15 is 0 Å². The van der Waals surface area contributed by atoms with Gasteiger partial charge in [-0.2, -0.15) is 0 Å². The molecule has 1 aromatic carbocycles. The predicted octanol–water partition coefficient (Wildman–Crippen LogP) is 1.85. The molecule has 0 spiro atoms. The summed E-state index contributed by atoms with van der Waals surface area (Å²) in [6, 6.07) is 7.87. The van der Waals surface area contributed by atoms with Crippen molar-refractivity contribution in [3.63, 3.8) is 0 Å². The van der Waals surface area contributed by atoms with Crippen LogP contribution in [0.5, 0.6) is 0 Å². The largest absolute Gasteiger partial charge is 0.326 e. The average molecular weight is 228 g/mol. The zero-order valence-corrected chi connectivity index (χ0v) is 9.20. The van der Waals surface area contributed by atoms with Crippen molar-refractivity contribution in [2.45, 2.75) is 19.0 Å². The Morgan fingerprint density at radius 3 is 2.73 bits per heavy atom. The second kappa shape index (κ2) is 4.11. The van der Waals surface area contributed by atoms with E-state index in [9.17, 15) is 9.11 Å². The molecule has 1 unspecified atom stereocenters. The molecule has 0 saturated carbocycles. The molecule has 4 nitrogen and oxygen atoms in total. The molecule has 0 aromatic heterocycles. The lowest BCUT2D eigenvalue weighted by atomic mass is 9.99. The minimum Gasteiger partial charge on any atom is -0.326 e. The number of hydrogen-bond acceptors (Lipinski definition) is 4. The third kappa shape index (κ3) is 2.32. The second-order valence-electron chi connectivity index (χ2n) is 3.73. The Hall–Kier alpha value is -0.590. The van der Waals surface area contributed by atoms with E-state index in [1.807, 2.05) is 24.3 Å². The lowest BCUT2D eigenvalue weighted by molar-refractivity contribution is 0.478. The van der Waals surface area contributed by atoms with Gasteiger partial charge in [-0.15, -0.1) is 10.8 Å². The topological polar surface area (TPSA) is 78.5 Å². The Balaban J connectivity index is 2.23. The predicted molar refractivity (Wildman–Crippen MR) is 62.5 cm³/mol. The minimum absolute atomic E-state index is 0.0229. The van der Waals surface area contributed by atoms with Crippen molar-refractivity contribution < 1.29 is 9.11 Å². The highest BCUT2D eigenvalue weighted by Gasteiger charge is 2.29. The second-order valence-corrected chi connectivity index (χ2v) is 5.71. The standard InChI is InChI=1S/C10H16N2O2S/c11-7-8-3-1-2-4-9(8)10-5-6-15(13,14)12-10/h1-4,10,12-14H,5-7,11H2. The van der Waals surface area contributed by atoms with Gasteiger partial charge in [0.05, 0.1) is 11.8 Å². The fourth-order valence-corrected chi connectivity index (χ4v) is 3.29. The molecule has 1 aromatic rings. The van der Waals surface area contributed by atoms with E-state index in [4.69, 9.17) is 5.73 Å². The third-order valence-electron chi connectivity index (χ3n) is 2.67. The smallest absolute Gasteiger partial charge is 0.0547 e. The molecule has 84 valence electrons. The van der Waals surface area contributed by atoms with Crippen LogP contribution in [0, 0.1) is 0 Å². The third-order valence-corrected chi connectivity index (χ3v) is 4.14. The molecule has 0 aliphatic carbocycles. The molecule has 0 amide bonds. The fourth-order valence-electron chi connectivity index (χ4n) is 1.91. The molecular formula is C10H16N2O2S. The van der Waals surface area contributed by atoms with Gasteiger partial charge in [0.1, 0.15) is 0 Å². The van der Waals surface area contributed by atoms with E-state index in [1.54, 1.807) is 0 Å². The molecule has 2 rings (SSSR count). The van der Waals surface area contributed by atoms with Crippen LogP contribution in [-0.4, -0.2) is 14.9 Å². The summed E-state index contributed by atoms with van der Waals surface area (Å²) in [5, 5.41) is 0. The SMILES string of the molecule is NCc1ccccc1C1CCS(O)(O)N1. The monoisotopic (exact) mass is 228 g/mol. The average Bonchev–Trinajstić information content (AvgIpc) is 2.59. The number of hydrogen-bond donors (Lipinski definition) is 4. The van der Waals surface area contributed by atoms with Gasteiger partial charge in [-0.25, -0.2) is 4.72 Å². The van der Waals surface area contributed by atoms with Crippen molar-refractivity contribution in [2.75, 3.05) is 5.75 Å². The zero-order valence-electron chi connectivity index (χ0n) is 8.39. The molecule has 0 bridgehead atoms. The summed E-state index contributed by atoms with van der Waals surface area (Å²) in [6.07, 6.45) is 0.749. The fraction of sp³-hybridized carbons (Fsp3) is 0.400. The van der Waals surface area contributed by atoms with Gasteiger partial charge in [-0.05, 0) is 17.5 Å². The highest BCUT2D eigenvalue weighted by molar-refractivity contribution is 8.22. The number of nitrogens with one attached hydrogen (secondary N) is 1. The summed E-state index contributed by atoms with van der Waals surface area (Å²) < 4.78 is 21.8. The summed E-state index contributed by atoms with van der Waals surface area (Å²) in [6.45, 7) is 0.480. The van der Waals surface area contributed by atoms with E-state index in [2.05, 4.69) is 4.72 Å². The maximum Gasteiger partial charge on any atom is 0.0547 e. The summed E-state index contributed by atoms with van der Waals surface area (Å²) in [5.74, 6) is 0.427. The van der Waals surface area contributed by atoms with Crippen molar-refractivity contribution in [3.8, 4) is 0 Å². The van der Waals surface area contributed by atoms with Crippen molar-refractivity contribution in [1.82, 2.24) is 4.72 Å². The highest BCUT2D eigenvalue weighted by atomic mass is 32.3. The first-order valence-corrected chi connectivity index (χ1v) is 6.65. The maximum atomic E-state index is 9.49. The Labute approximate surface area is 91.0 Å². The lowest BCUT2D eigenvalue weighted by Gasteiger charge is -2.27. The van der Waals surface area contributed by atoms with Crippen LogP contribution in [0.25, 0.3) is 0 Å². The highest BCUT2D eigenvalue weighted by Crippen LogP contribution is 2.46. The van der Waals surface area contributed by atoms with E-state index in [0.717, 1.165) is 17.5 Å². The molecule has 1 aliphatic heterocycles. The Morgan fingerprint density at radius 2 is 2.13 bits per heavy atom. The number of benzene rings is 1. The summed E-state index contributed by atoms with van der Waals surface area (Å²) >= 11 is 0. The van der Waals surface area contributed by atoms with E-state index in [0.29, 0.717) is 12.3 Å². The van der Waals surface area contributed by atoms with E-state index < -0.39 is 10.8 Å². The van der Waals surface area contributed by atoms with Crippen LogP contribution >= 0.6 is 10.8 Å². The molecule has 5 N–H and O–H groups in total. The summed E-state index contributed by atoms with van der Waals surface area (Å²) in [5.41, 5.74) is 7.78. The first-order chi connectivity index (χ1) is 7.12. The normalized spacial score (nSPS) is 26.5. The van der Waals surface area contributed by atoms with Crippen LogP contribution in [0.15, 0.2) is 24.3 Å². The Bertz CT molecular complexity index is 357. The molecule has 1 aliphatic rings. The molecule has 1 heterocycles. The quantitative estimate of drug-likeness (QED) is 0.623. The van der Waals surface area contributed by atoms with Gasteiger partial charge in [0.15, 0.2) is 0 Å². The van der Waals surface area contributed by atoms with Gasteiger partial charge in [-0.3, -0.25) is 9.11 Å². The lowest BCUT2D eigenvalue weighted by Crippen LogP contribution is -2.18. The van der Waals surface area contributed by atoms with Gasteiger partial charge >= 0.3 is 0 Å². The number of nitrogens with two attached hydrogens (primary N) is 1. The van der Waals surface area contributed by atoms with Crippen molar-refractivity contribution >= 4 is 10.8 Å². The van der Waals surface area contributed by atoms with Crippen LogP contribution in [0.1, 0.15) is 23.6 Å². The molecule has 15 heavy (non-hydrogen) atoms. The van der Waals surface area contributed by atoms with Gasteiger partial charge in [0.25, 0.3) is 0 Å². The first-order valence-electron chi connectivity index (χ1n) is 4.93. The van der Waals surface area contributed by atoms with Gasteiger partial charge in [0.2, 0.25) is 0 Å². The van der Waals surface area contributed by atoms with Crippen LogP contribution in [0.2, 0.25) is 0 Å². The molecule has 5 heteroatoms. The van der Waals surface area contributed by atoms with Gasteiger partial charge in [-0.1, -0.05) is 24.3 Å². The first kappa shape index (κ1) is 10.9. The minimum atomic E-state index is -2.56. The van der Waals surface area contributed by atoms with Crippen LogP contribution in [0.3, 0.4) is 0 Å².